The molecule has 0 bridgehead atoms. The summed E-state index contributed by atoms with van der Waals surface area (Å²) in [5, 5.41) is 21.6. The molecule has 0 radical (unpaired) electrons. The maximum absolute atomic E-state index is 12.1. The molecule has 0 spiro atoms. The Kier molecular flexibility index (Phi) is 6.66. The number of benzene rings is 3. The zero-order chi connectivity index (χ0) is 20.6. The third-order valence-electron chi connectivity index (χ3n) is 4.40. The first-order chi connectivity index (χ1) is 14.0. The molecule has 29 heavy (non-hydrogen) atoms. The van der Waals surface area contributed by atoms with Gasteiger partial charge in [-0.15, -0.1) is 0 Å². The molecule has 1 amide bonds. The van der Waals surface area contributed by atoms with Gasteiger partial charge in [0.2, 0.25) is 5.91 Å². The number of hydrogen-bond acceptors (Lipinski definition) is 4. The summed E-state index contributed by atoms with van der Waals surface area (Å²) in [4.78, 5) is 14.3. The highest BCUT2D eigenvalue weighted by molar-refractivity contribution is 6.01. The molecule has 0 atom stereocenters. The van der Waals surface area contributed by atoms with Gasteiger partial charge >= 0.3 is 0 Å². The molecule has 0 saturated heterocycles. The molecule has 0 saturated carbocycles. The number of anilines is 1. The molecule has 0 aromatic heterocycles. The highest BCUT2D eigenvalue weighted by Crippen LogP contribution is 2.25. The molecule has 3 rings (SSSR count). The lowest BCUT2D eigenvalue weighted by Crippen LogP contribution is -2.17. The monoisotopic (exact) mass is 388 g/mol. The number of phenols is 2. The quantitative estimate of drug-likeness (QED) is 0.415. The molecule has 0 aliphatic rings. The standard InChI is InChI=1S/C24H24N2O3/c1-26(16-19-5-3-2-4-6-19)17-20-7-11-21(12-8-20)25-24(29)14-10-18-9-13-22(27)23(28)15-18/h2-15,27-28H,16-17H2,1H3,(H,25,29)/b14-10+. The summed E-state index contributed by atoms with van der Waals surface area (Å²) in [5.41, 5.74) is 3.76. The van der Waals surface area contributed by atoms with E-state index in [1.165, 1.54) is 23.8 Å². The average molecular weight is 388 g/mol. The maximum atomic E-state index is 12.1. The van der Waals surface area contributed by atoms with E-state index in [9.17, 15) is 15.0 Å². The minimum Gasteiger partial charge on any atom is -0.504 e. The lowest BCUT2D eigenvalue weighted by atomic mass is 10.1. The van der Waals surface area contributed by atoms with E-state index in [0.717, 1.165) is 18.7 Å². The van der Waals surface area contributed by atoms with Crippen molar-refractivity contribution in [2.45, 2.75) is 13.1 Å². The summed E-state index contributed by atoms with van der Waals surface area (Å²) in [6.07, 6.45) is 2.95. The van der Waals surface area contributed by atoms with Crippen molar-refractivity contribution >= 4 is 17.7 Å². The van der Waals surface area contributed by atoms with Gasteiger partial charge in [-0.2, -0.15) is 0 Å². The van der Waals surface area contributed by atoms with Gasteiger partial charge in [-0.25, -0.2) is 0 Å². The van der Waals surface area contributed by atoms with E-state index in [1.54, 1.807) is 12.1 Å². The van der Waals surface area contributed by atoms with E-state index in [0.29, 0.717) is 11.3 Å². The number of carbonyl (C=O) groups excluding carboxylic acids is 1. The molecular weight excluding hydrogens is 364 g/mol. The van der Waals surface area contributed by atoms with Crippen molar-refractivity contribution in [1.82, 2.24) is 4.90 Å². The number of nitrogens with zero attached hydrogens (tertiary/aromatic N) is 1. The summed E-state index contributed by atoms with van der Waals surface area (Å²) >= 11 is 0. The van der Waals surface area contributed by atoms with Gasteiger partial charge in [0.05, 0.1) is 0 Å². The van der Waals surface area contributed by atoms with Crippen LogP contribution in [-0.2, 0) is 17.9 Å². The van der Waals surface area contributed by atoms with E-state index in [4.69, 9.17) is 0 Å². The Hall–Kier alpha value is -3.57. The van der Waals surface area contributed by atoms with Crippen molar-refractivity contribution in [2.24, 2.45) is 0 Å². The minimum atomic E-state index is -0.272. The molecule has 0 aliphatic heterocycles. The van der Waals surface area contributed by atoms with Gasteiger partial charge in [-0.1, -0.05) is 48.5 Å². The van der Waals surface area contributed by atoms with E-state index in [-0.39, 0.29) is 17.4 Å². The number of carbonyl (C=O) groups is 1. The van der Waals surface area contributed by atoms with Crippen molar-refractivity contribution < 1.29 is 15.0 Å². The molecule has 3 N–H and O–H groups in total. The minimum absolute atomic E-state index is 0.193. The van der Waals surface area contributed by atoms with Gasteiger partial charge in [0, 0.05) is 24.9 Å². The summed E-state index contributed by atoms with van der Waals surface area (Å²) in [7, 11) is 2.08. The molecule has 0 aliphatic carbocycles. The number of amides is 1. The Morgan fingerprint density at radius 1 is 0.897 bits per heavy atom. The number of phenolic OH excluding ortho intramolecular Hbond substituents is 2. The Morgan fingerprint density at radius 3 is 2.21 bits per heavy atom. The smallest absolute Gasteiger partial charge is 0.248 e. The topological polar surface area (TPSA) is 72.8 Å². The van der Waals surface area contributed by atoms with Crippen LogP contribution < -0.4 is 5.32 Å². The number of aromatic hydroxyl groups is 2. The van der Waals surface area contributed by atoms with Crippen LogP contribution in [0.25, 0.3) is 6.08 Å². The third-order valence-corrected chi connectivity index (χ3v) is 4.40. The van der Waals surface area contributed by atoms with E-state index >= 15 is 0 Å². The van der Waals surface area contributed by atoms with Gasteiger partial charge < -0.3 is 15.5 Å². The molecule has 0 heterocycles. The highest BCUT2D eigenvalue weighted by Gasteiger charge is 2.04. The molecule has 5 nitrogen and oxygen atoms in total. The van der Waals surface area contributed by atoms with Crippen molar-refractivity contribution in [3.05, 3.63) is 95.6 Å². The van der Waals surface area contributed by atoms with Crippen LogP contribution in [0.2, 0.25) is 0 Å². The predicted molar refractivity (Wildman–Crippen MR) is 115 cm³/mol. The fourth-order valence-electron chi connectivity index (χ4n) is 2.96. The lowest BCUT2D eigenvalue weighted by Gasteiger charge is -2.17. The van der Waals surface area contributed by atoms with Gasteiger partial charge in [0.15, 0.2) is 11.5 Å². The normalized spacial score (nSPS) is 11.1. The van der Waals surface area contributed by atoms with Crippen LogP contribution in [0.1, 0.15) is 16.7 Å². The molecule has 3 aromatic carbocycles. The summed E-state index contributed by atoms with van der Waals surface area (Å²) in [6.45, 7) is 1.68. The largest absolute Gasteiger partial charge is 0.504 e. The summed E-state index contributed by atoms with van der Waals surface area (Å²) in [6, 6.07) is 22.5. The number of hydrogen-bond donors (Lipinski definition) is 3. The van der Waals surface area contributed by atoms with Crippen molar-refractivity contribution in [1.29, 1.82) is 0 Å². The highest BCUT2D eigenvalue weighted by atomic mass is 16.3. The van der Waals surface area contributed by atoms with Crippen LogP contribution in [0, 0.1) is 0 Å². The van der Waals surface area contributed by atoms with E-state index < -0.39 is 0 Å². The Labute approximate surface area is 170 Å². The van der Waals surface area contributed by atoms with Crippen LogP contribution >= 0.6 is 0 Å². The number of rotatable bonds is 7. The molecule has 5 heteroatoms. The van der Waals surface area contributed by atoms with Crippen LogP contribution in [0.4, 0.5) is 5.69 Å². The predicted octanol–water partition coefficient (Wildman–Crippen LogP) is 4.38. The fraction of sp³-hybridized carbons (Fsp3) is 0.125. The lowest BCUT2D eigenvalue weighted by molar-refractivity contribution is -0.111. The molecule has 0 fully saturated rings. The maximum Gasteiger partial charge on any atom is 0.248 e. The zero-order valence-electron chi connectivity index (χ0n) is 16.2. The second-order valence-electron chi connectivity index (χ2n) is 6.93. The first kappa shape index (κ1) is 20.2. The third kappa shape index (κ3) is 6.23. The average Bonchev–Trinajstić information content (AvgIpc) is 2.71. The Balaban J connectivity index is 1.52. The van der Waals surface area contributed by atoms with E-state index in [1.807, 2.05) is 42.5 Å². The van der Waals surface area contributed by atoms with Crippen molar-refractivity contribution in [3.63, 3.8) is 0 Å². The van der Waals surface area contributed by atoms with Crippen LogP contribution in [0.5, 0.6) is 11.5 Å². The van der Waals surface area contributed by atoms with Gasteiger partial charge in [0.1, 0.15) is 0 Å². The van der Waals surface area contributed by atoms with Gasteiger partial charge in [0.25, 0.3) is 0 Å². The molecule has 148 valence electrons. The molecular formula is C24H24N2O3. The first-order valence-corrected chi connectivity index (χ1v) is 9.32. The van der Waals surface area contributed by atoms with Crippen LogP contribution in [0.3, 0.4) is 0 Å². The summed E-state index contributed by atoms with van der Waals surface area (Å²) < 4.78 is 0. The molecule has 0 unspecified atom stereocenters. The Morgan fingerprint density at radius 2 is 1.55 bits per heavy atom. The second kappa shape index (κ2) is 9.57. The Bertz CT molecular complexity index is 983. The molecule has 3 aromatic rings. The van der Waals surface area contributed by atoms with Crippen LogP contribution in [0.15, 0.2) is 78.9 Å². The van der Waals surface area contributed by atoms with Crippen molar-refractivity contribution in [2.75, 3.05) is 12.4 Å². The van der Waals surface area contributed by atoms with Gasteiger partial charge in [-0.05, 0) is 54.1 Å². The van der Waals surface area contributed by atoms with Gasteiger partial charge in [-0.3, -0.25) is 9.69 Å². The SMILES string of the molecule is CN(Cc1ccccc1)Cc1ccc(NC(=O)/C=C/c2ccc(O)c(O)c2)cc1. The van der Waals surface area contributed by atoms with Crippen molar-refractivity contribution in [3.8, 4) is 11.5 Å². The van der Waals surface area contributed by atoms with E-state index in [2.05, 4.69) is 29.4 Å². The fourth-order valence-corrected chi connectivity index (χ4v) is 2.96. The van der Waals surface area contributed by atoms with Crippen LogP contribution in [-0.4, -0.2) is 28.1 Å². The summed E-state index contributed by atoms with van der Waals surface area (Å²) in [5.74, 6) is -0.687. The number of nitrogens with one attached hydrogen (secondary N) is 1. The second-order valence-corrected chi connectivity index (χ2v) is 6.93. The first-order valence-electron chi connectivity index (χ1n) is 9.32. The zero-order valence-corrected chi connectivity index (χ0v) is 16.2.